The van der Waals surface area contributed by atoms with Gasteiger partial charge in [-0.05, 0) is 24.3 Å². The van der Waals surface area contributed by atoms with Crippen LogP contribution in [-0.4, -0.2) is 38.3 Å². The van der Waals surface area contributed by atoms with Crippen LogP contribution >= 0.6 is 11.3 Å². The van der Waals surface area contributed by atoms with E-state index in [0.29, 0.717) is 24.5 Å². The van der Waals surface area contributed by atoms with E-state index in [9.17, 15) is 4.79 Å². The van der Waals surface area contributed by atoms with Crippen LogP contribution in [0.3, 0.4) is 0 Å². The number of carbonyl (C=O) groups excluding carboxylic acids is 1. The minimum Gasteiger partial charge on any atom is -0.496 e. The van der Waals surface area contributed by atoms with Crippen LogP contribution < -0.4 is 19.5 Å². The number of aromatic nitrogens is 1. The van der Waals surface area contributed by atoms with Gasteiger partial charge in [0.15, 0.2) is 18.1 Å². The minimum atomic E-state index is -0.189. The van der Waals surface area contributed by atoms with Crippen LogP contribution in [0.5, 0.6) is 17.2 Å². The summed E-state index contributed by atoms with van der Waals surface area (Å²) in [4.78, 5) is 16.6. The molecule has 0 aliphatic carbocycles. The molecule has 7 heteroatoms. The van der Waals surface area contributed by atoms with E-state index in [4.69, 9.17) is 14.2 Å². The molecule has 0 atom stereocenters. The zero-order valence-electron chi connectivity index (χ0n) is 15.8. The van der Waals surface area contributed by atoms with E-state index in [1.165, 1.54) is 0 Å². The molecule has 0 unspecified atom stereocenters. The molecule has 0 fully saturated rings. The van der Waals surface area contributed by atoms with Gasteiger partial charge in [0.2, 0.25) is 0 Å². The highest BCUT2D eigenvalue weighted by molar-refractivity contribution is 7.13. The van der Waals surface area contributed by atoms with Crippen molar-refractivity contribution in [1.29, 1.82) is 0 Å². The van der Waals surface area contributed by atoms with E-state index in [1.54, 1.807) is 37.7 Å². The Balaban J connectivity index is 1.48. The van der Waals surface area contributed by atoms with Crippen molar-refractivity contribution in [3.63, 3.8) is 0 Å². The molecule has 3 aromatic rings. The summed E-state index contributed by atoms with van der Waals surface area (Å²) >= 11 is 1.56. The first-order valence-corrected chi connectivity index (χ1v) is 9.69. The fraction of sp³-hybridized carbons (Fsp3) is 0.238. The second-order valence-electron chi connectivity index (χ2n) is 5.88. The van der Waals surface area contributed by atoms with E-state index in [-0.39, 0.29) is 12.5 Å². The molecular formula is C21H22N2O4S. The lowest BCUT2D eigenvalue weighted by molar-refractivity contribution is -0.123. The number of hydrogen-bond donors (Lipinski definition) is 1. The molecule has 1 N–H and O–H groups in total. The lowest BCUT2D eigenvalue weighted by Crippen LogP contribution is -2.30. The molecule has 1 amide bonds. The van der Waals surface area contributed by atoms with Gasteiger partial charge in [0.25, 0.3) is 5.91 Å². The molecule has 3 rings (SSSR count). The number of rotatable bonds is 9. The molecule has 0 bridgehead atoms. The standard InChI is InChI=1S/C21H22N2O4S/c1-25-17-8-4-3-7-16(17)21-23-15(14-28-21)11-12-22-20(24)13-27-19-10-6-5-9-18(19)26-2/h3-10,14H,11-13H2,1-2H3,(H,22,24). The van der Waals surface area contributed by atoms with Crippen LogP contribution in [0.25, 0.3) is 10.6 Å². The molecule has 0 spiro atoms. The molecular weight excluding hydrogens is 376 g/mol. The molecule has 1 aromatic heterocycles. The van der Waals surface area contributed by atoms with E-state index < -0.39 is 0 Å². The first-order valence-electron chi connectivity index (χ1n) is 8.81. The van der Waals surface area contributed by atoms with Crippen LogP contribution in [0.15, 0.2) is 53.9 Å². The van der Waals surface area contributed by atoms with Crippen LogP contribution in [0.4, 0.5) is 0 Å². The number of benzene rings is 2. The predicted molar refractivity (Wildman–Crippen MR) is 109 cm³/mol. The second-order valence-corrected chi connectivity index (χ2v) is 6.74. The summed E-state index contributed by atoms with van der Waals surface area (Å²) in [5.74, 6) is 1.75. The van der Waals surface area contributed by atoms with Crippen molar-refractivity contribution in [2.75, 3.05) is 27.4 Å². The van der Waals surface area contributed by atoms with Crippen molar-refractivity contribution in [2.24, 2.45) is 0 Å². The summed E-state index contributed by atoms with van der Waals surface area (Å²) in [7, 11) is 3.21. The van der Waals surface area contributed by atoms with Gasteiger partial charge in [-0.2, -0.15) is 0 Å². The van der Waals surface area contributed by atoms with Gasteiger partial charge in [-0.25, -0.2) is 4.98 Å². The number of para-hydroxylation sites is 3. The molecule has 1 heterocycles. The Hall–Kier alpha value is -3.06. The molecule has 0 saturated carbocycles. The predicted octanol–water partition coefficient (Wildman–Crippen LogP) is 3.57. The van der Waals surface area contributed by atoms with Gasteiger partial charge in [-0.3, -0.25) is 4.79 Å². The molecule has 2 aromatic carbocycles. The average Bonchev–Trinajstić information content (AvgIpc) is 3.21. The fourth-order valence-electron chi connectivity index (χ4n) is 2.63. The van der Waals surface area contributed by atoms with Gasteiger partial charge < -0.3 is 19.5 Å². The van der Waals surface area contributed by atoms with Gasteiger partial charge in [0, 0.05) is 18.3 Å². The average molecular weight is 398 g/mol. The smallest absolute Gasteiger partial charge is 0.257 e. The van der Waals surface area contributed by atoms with Gasteiger partial charge >= 0.3 is 0 Å². The van der Waals surface area contributed by atoms with Crippen molar-refractivity contribution < 1.29 is 19.0 Å². The quantitative estimate of drug-likeness (QED) is 0.597. The van der Waals surface area contributed by atoms with Gasteiger partial charge in [0.1, 0.15) is 10.8 Å². The van der Waals surface area contributed by atoms with E-state index >= 15 is 0 Å². The number of carbonyl (C=O) groups is 1. The summed E-state index contributed by atoms with van der Waals surface area (Å²) in [5.41, 5.74) is 1.90. The van der Waals surface area contributed by atoms with Gasteiger partial charge in [-0.1, -0.05) is 24.3 Å². The van der Waals surface area contributed by atoms with Crippen molar-refractivity contribution in [3.8, 4) is 27.8 Å². The first-order chi connectivity index (χ1) is 13.7. The van der Waals surface area contributed by atoms with Crippen molar-refractivity contribution in [2.45, 2.75) is 6.42 Å². The summed E-state index contributed by atoms with van der Waals surface area (Å²) in [6, 6.07) is 15.0. The first kappa shape index (κ1) is 19.7. The lowest BCUT2D eigenvalue weighted by atomic mass is 10.2. The van der Waals surface area contributed by atoms with Crippen molar-refractivity contribution in [1.82, 2.24) is 10.3 Å². The van der Waals surface area contributed by atoms with Gasteiger partial charge in [0.05, 0.1) is 25.5 Å². The third-order valence-electron chi connectivity index (χ3n) is 4.02. The number of nitrogens with one attached hydrogen (secondary N) is 1. The zero-order valence-corrected chi connectivity index (χ0v) is 16.6. The largest absolute Gasteiger partial charge is 0.496 e. The Morgan fingerprint density at radius 3 is 2.43 bits per heavy atom. The van der Waals surface area contributed by atoms with Crippen LogP contribution in [0.2, 0.25) is 0 Å². The Labute approximate surface area is 168 Å². The molecule has 146 valence electrons. The Bertz CT molecular complexity index is 926. The highest BCUT2D eigenvalue weighted by Crippen LogP contribution is 2.31. The molecule has 6 nitrogen and oxygen atoms in total. The van der Waals surface area contributed by atoms with Crippen molar-refractivity contribution in [3.05, 3.63) is 59.6 Å². The highest BCUT2D eigenvalue weighted by atomic mass is 32.1. The summed E-state index contributed by atoms with van der Waals surface area (Å²) in [5, 5.41) is 5.75. The summed E-state index contributed by atoms with van der Waals surface area (Å²) in [6.07, 6.45) is 0.645. The molecule has 0 radical (unpaired) electrons. The molecule has 0 aliphatic rings. The maximum absolute atomic E-state index is 12.0. The lowest BCUT2D eigenvalue weighted by Gasteiger charge is -2.10. The minimum absolute atomic E-state index is 0.0656. The van der Waals surface area contributed by atoms with Crippen LogP contribution in [0.1, 0.15) is 5.69 Å². The van der Waals surface area contributed by atoms with Crippen LogP contribution in [0, 0.1) is 0 Å². The summed E-state index contributed by atoms with van der Waals surface area (Å²) < 4.78 is 16.1. The topological polar surface area (TPSA) is 69.7 Å². The molecule has 0 aliphatic heterocycles. The molecule has 0 saturated heterocycles. The number of nitrogens with zero attached hydrogens (tertiary/aromatic N) is 1. The number of thiazole rings is 1. The van der Waals surface area contributed by atoms with Crippen LogP contribution in [-0.2, 0) is 11.2 Å². The number of hydrogen-bond acceptors (Lipinski definition) is 6. The second kappa shape index (κ2) is 9.75. The zero-order chi connectivity index (χ0) is 19.8. The normalized spacial score (nSPS) is 10.4. The SMILES string of the molecule is COc1ccccc1OCC(=O)NCCc1csc(-c2ccccc2OC)n1. The molecule has 28 heavy (non-hydrogen) atoms. The highest BCUT2D eigenvalue weighted by Gasteiger charge is 2.10. The third kappa shape index (κ3) is 5.01. The Morgan fingerprint density at radius 1 is 1.00 bits per heavy atom. The van der Waals surface area contributed by atoms with Crippen molar-refractivity contribution >= 4 is 17.2 Å². The maximum Gasteiger partial charge on any atom is 0.257 e. The van der Waals surface area contributed by atoms with E-state index in [2.05, 4.69) is 10.3 Å². The number of ether oxygens (including phenoxy) is 3. The Kier molecular flexibility index (Phi) is 6.86. The fourth-order valence-corrected chi connectivity index (χ4v) is 3.51. The maximum atomic E-state index is 12.0. The van der Waals surface area contributed by atoms with E-state index in [0.717, 1.165) is 22.0 Å². The number of amides is 1. The van der Waals surface area contributed by atoms with E-state index in [1.807, 2.05) is 41.8 Å². The van der Waals surface area contributed by atoms with Gasteiger partial charge in [-0.15, -0.1) is 11.3 Å². The monoisotopic (exact) mass is 398 g/mol. The third-order valence-corrected chi connectivity index (χ3v) is 4.94. The summed E-state index contributed by atoms with van der Waals surface area (Å²) in [6.45, 7) is 0.424. The number of methoxy groups -OCH3 is 2. The Morgan fingerprint density at radius 2 is 1.68 bits per heavy atom.